The van der Waals surface area contributed by atoms with Crippen LogP contribution in [-0.2, 0) is 4.79 Å². The van der Waals surface area contributed by atoms with Gasteiger partial charge < -0.3 is 9.80 Å². The van der Waals surface area contributed by atoms with Crippen molar-refractivity contribution in [1.29, 1.82) is 0 Å². The highest BCUT2D eigenvalue weighted by molar-refractivity contribution is 5.82. The van der Waals surface area contributed by atoms with Gasteiger partial charge in [-0.3, -0.25) is 4.79 Å². The Morgan fingerprint density at radius 1 is 1.16 bits per heavy atom. The molecule has 1 amide bonds. The molecule has 2 heterocycles. The van der Waals surface area contributed by atoms with Crippen molar-refractivity contribution in [3.63, 3.8) is 0 Å². The summed E-state index contributed by atoms with van der Waals surface area (Å²) in [5.41, 5.74) is 1.23. The lowest BCUT2D eigenvalue weighted by atomic mass is 10.1. The Labute approximate surface area is 115 Å². The van der Waals surface area contributed by atoms with Gasteiger partial charge in [-0.1, -0.05) is 19.9 Å². The number of rotatable bonds is 3. The summed E-state index contributed by atoms with van der Waals surface area (Å²) >= 11 is 0. The normalized spacial score (nSPS) is 16.6. The molecule has 2 rings (SSSR count). The molecule has 1 fully saturated rings. The van der Waals surface area contributed by atoms with Crippen molar-refractivity contribution in [3.05, 3.63) is 23.9 Å². The molecule has 4 nitrogen and oxygen atoms in total. The van der Waals surface area contributed by atoms with Gasteiger partial charge in [0.1, 0.15) is 5.82 Å². The van der Waals surface area contributed by atoms with E-state index in [1.165, 1.54) is 5.56 Å². The number of carbonyl (C=O) groups is 1. The highest BCUT2D eigenvalue weighted by Crippen LogP contribution is 2.19. The number of pyridine rings is 1. The topological polar surface area (TPSA) is 36.4 Å². The lowest BCUT2D eigenvalue weighted by Crippen LogP contribution is -2.53. The zero-order valence-electron chi connectivity index (χ0n) is 12.3. The summed E-state index contributed by atoms with van der Waals surface area (Å²) in [6.07, 6.45) is 1.92. The van der Waals surface area contributed by atoms with Gasteiger partial charge in [-0.25, -0.2) is 4.98 Å². The summed E-state index contributed by atoms with van der Waals surface area (Å²) in [6, 6.07) is 4.41. The second-order valence-electron chi connectivity index (χ2n) is 5.71. The van der Waals surface area contributed by atoms with Crippen LogP contribution >= 0.6 is 0 Å². The second-order valence-corrected chi connectivity index (χ2v) is 5.71. The molecule has 1 saturated heterocycles. The van der Waals surface area contributed by atoms with Crippen molar-refractivity contribution in [1.82, 2.24) is 9.88 Å². The smallest absolute Gasteiger partial charge is 0.242 e. The molecule has 19 heavy (non-hydrogen) atoms. The Bertz CT molecular complexity index is 439. The lowest BCUT2D eigenvalue weighted by molar-refractivity contribution is -0.132. The van der Waals surface area contributed by atoms with Crippen molar-refractivity contribution in [2.24, 2.45) is 0 Å². The van der Waals surface area contributed by atoms with Crippen molar-refractivity contribution in [3.8, 4) is 0 Å². The maximum atomic E-state index is 12.1. The maximum Gasteiger partial charge on any atom is 0.242 e. The fourth-order valence-electron chi connectivity index (χ4n) is 2.35. The van der Waals surface area contributed by atoms with E-state index < -0.39 is 0 Å². The summed E-state index contributed by atoms with van der Waals surface area (Å²) in [5, 5.41) is 0. The van der Waals surface area contributed by atoms with Gasteiger partial charge in [0.2, 0.25) is 5.91 Å². The summed E-state index contributed by atoms with van der Waals surface area (Å²) in [4.78, 5) is 20.5. The molecule has 1 aromatic heterocycles. The van der Waals surface area contributed by atoms with Crippen molar-refractivity contribution < 1.29 is 4.79 Å². The fourth-order valence-corrected chi connectivity index (χ4v) is 2.35. The number of anilines is 1. The molecule has 0 spiro atoms. The average molecular weight is 261 g/mol. The van der Waals surface area contributed by atoms with Gasteiger partial charge in [-0.15, -0.1) is 0 Å². The molecule has 0 atom stereocenters. The average Bonchev–Trinajstić information content (AvgIpc) is 2.38. The maximum absolute atomic E-state index is 12.1. The van der Waals surface area contributed by atoms with Crippen molar-refractivity contribution in [2.75, 3.05) is 24.5 Å². The first-order valence-electron chi connectivity index (χ1n) is 6.99. The van der Waals surface area contributed by atoms with Crippen LogP contribution in [0.1, 0.15) is 39.2 Å². The van der Waals surface area contributed by atoms with Crippen LogP contribution in [0.15, 0.2) is 18.3 Å². The van der Waals surface area contributed by atoms with E-state index in [2.05, 4.69) is 43.6 Å². The molecule has 104 valence electrons. The summed E-state index contributed by atoms with van der Waals surface area (Å²) in [6.45, 7) is 10.5. The molecular formula is C15H23N3O. The van der Waals surface area contributed by atoms with Gasteiger partial charge in [0.15, 0.2) is 0 Å². The standard InChI is InChI=1S/C15H23N3O/c1-11(2)13-5-6-14(16-9-13)17-7-8-18(12(3)4)15(19)10-17/h5-6,9,11-12H,7-8,10H2,1-4H3. The fraction of sp³-hybridized carbons (Fsp3) is 0.600. The zero-order valence-corrected chi connectivity index (χ0v) is 12.3. The van der Waals surface area contributed by atoms with Gasteiger partial charge in [0.05, 0.1) is 6.54 Å². The van der Waals surface area contributed by atoms with Crippen molar-refractivity contribution in [2.45, 2.75) is 39.7 Å². The molecule has 0 saturated carbocycles. The van der Waals surface area contributed by atoms with Crippen LogP contribution in [0.2, 0.25) is 0 Å². The number of hydrogen-bond acceptors (Lipinski definition) is 3. The minimum atomic E-state index is 0.191. The molecule has 1 aliphatic heterocycles. The molecule has 0 aromatic carbocycles. The third-order valence-electron chi connectivity index (χ3n) is 3.64. The first-order chi connectivity index (χ1) is 8.99. The minimum Gasteiger partial charge on any atom is -0.346 e. The van der Waals surface area contributed by atoms with Crippen LogP contribution < -0.4 is 4.90 Å². The summed E-state index contributed by atoms with van der Waals surface area (Å²) in [5.74, 6) is 1.58. The van der Waals surface area contributed by atoms with Crippen LogP contribution in [0.3, 0.4) is 0 Å². The van der Waals surface area contributed by atoms with Crippen LogP contribution in [0.4, 0.5) is 5.82 Å². The van der Waals surface area contributed by atoms with Crippen LogP contribution in [-0.4, -0.2) is 41.5 Å². The highest BCUT2D eigenvalue weighted by Gasteiger charge is 2.26. The molecule has 0 aliphatic carbocycles. The predicted octanol–water partition coefficient (Wildman–Crippen LogP) is 2.26. The first-order valence-corrected chi connectivity index (χ1v) is 6.99. The van der Waals surface area contributed by atoms with Gasteiger partial charge in [0, 0.05) is 25.3 Å². The summed E-state index contributed by atoms with van der Waals surface area (Å²) in [7, 11) is 0. The molecule has 4 heteroatoms. The first kappa shape index (κ1) is 13.8. The van der Waals surface area contributed by atoms with E-state index in [0.717, 1.165) is 18.9 Å². The third-order valence-corrected chi connectivity index (χ3v) is 3.64. The van der Waals surface area contributed by atoms with E-state index in [1.54, 1.807) is 0 Å². The van der Waals surface area contributed by atoms with Gasteiger partial charge in [-0.05, 0) is 31.4 Å². The number of nitrogens with zero attached hydrogens (tertiary/aromatic N) is 3. The predicted molar refractivity (Wildman–Crippen MR) is 77.4 cm³/mol. The summed E-state index contributed by atoms with van der Waals surface area (Å²) < 4.78 is 0. The quantitative estimate of drug-likeness (QED) is 0.837. The number of piperazine rings is 1. The highest BCUT2D eigenvalue weighted by atomic mass is 16.2. The van der Waals surface area contributed by atoms with E-state index in [0.29, 0.717) is 12.5 Å². The number of amides is 1. The van der Waals surface area contributed by atoms with E-state index >= 15 is 0 Å². The van der Waals surface area contributed by atoms with E-state index in [1.807, 2.05) is 17.2 Å². The number of aromatic nitrogens is 1. The molecule has 1 aliphatic rings. The minimum absolute atomic E-state index is 0.191. The van der Waals surface area contributed by atoms with Crippen LogP contribution in [0, 0.1) is 0 Å². The Balaban J connectivity index is 2.06. The largest absolute Gasteiger partial charge is 0.346 e. The lowest BCUT2D eigenvalue weighted by Gasteiger charge is -2.37. The number of hydrogen-bond donors (Lipinski definition) is 0. The Morgan fingerprint density at radius 3 is 2.37 bits per heavy atom. The monoisotopic (exact) mass is 261 g/mol. The van der Waals surface area contributed by atoms with Gasteiger partial charge >= 0.3 is 0 Å². The molecule has 0 N–H and O–H groups in total. The van der Waals surface area contributed by atoms with Gasteiger partial charge in [-0.2, -0.15) is 0 Å². The number of carbonyl (C=O) groups excluding carboxylic acids is 1. The van der Waals surface area contributed by atoms with Crippen LogP contribution in [0.25, 0.3) is 0 Å². The SMILES string of the molecule is CC(C)c1ccc(N2CCN(C(C)C)C(=O)C2)nc1. The molecule has 0 radical (unpaired) electrons. The van der Waals surface area contributed by atoms with E-state index in [9.17, 15) is 4.79 Å². The molecule has 1 aromatic rings. The Morgan fingerprint density at radius 2 is 1.89 bits per heavy atom. The van der Waals surface area contributed by atoms with E-state index in [4.69, 9.17) is 0 Å². The molecular weight excluding hydrogens is 238 g/mol. The molecule has 0 unspecified atom stereocenters. The molecule has 0 bridgehead atoms. The second kappa shape index (κ2) is 5.59. The Hall–Kier alpha value is -1.58. The Kier molecular flexibility index (Phi) is 4.08. The van der Waals surface area contributed by atoms with E-state index in [-0.39, 0.29) is 11.9 Å². The third kappa shape index (κ3) is 3.06. The zero-order chi connectivity index (χ0) is 14.0. The van der Waals surface area contributed by atoms with Crippen molar-refractivity contribution >= 4 is 11.7 Å². The van der Waals surface area contributed by atoms with Gasteiger partial charge in [0.25, 0.3) is 0 Å². The van der Waals surface area contributed by atoms with Crippen LogP contribution in [0.5, 0.6) is 0 Å².